The van der Waals surface area contributed by atoms with Gasteiger partial charge in [0.15, 0.2) is 0 Å². The van der Waals surface area contributed by atoms with Crippen molar-refractivity contribution in [3.63, 3.8) is 0 Å². The van der Waals surface area contributed by atoms with Gasteiger partial charge in [0.25, 0.3) is 0 Å². The van der Waals surface area contributed by atoms with Gasteiger partial charge in [-0.15, -0.1) is 11.3 Å². The minimum Gasteiger partial charge on any atom is -0.478 e. The van der Waals surface area contributed by atoms with Gasteiger partial charge in [-0.3, -0.25) is 5.32 Å². The average Bonchev–Trinajstić information content (AvgIpc) is 2.97. The summed E-state index contributed by atoms with van der Waals surface area (Å²) in [4.78, 5) is 22.7. The molecule has 2 amide bonds. The van der Waals surface area contributed by atoms with Gasteiger partial charge in [-0.1, -0.05) is 0 Å². The van der Waals surface area contributed by atoms with Gasteiger partial charge in [-0.05, 0) is 37.0 Å². The second-order valence-corrected chi connectivity index (χ2v) is 6.49. The largest absolute Gasteiger partial charge is 0.478 e. The molecule has 0 saturated heterocycles. The highest BCUT2D eigenvalue weighted by Crippen LogP contribution is 2.28. The topological polar surface area (TPSA) is 78.4 Å². The van der Waals surface area contributed by atoms with Crippen molar-refractivity contribution >= 4 is 40.1 Å². The van der Waals surface area contributed by atoms with E-state index in [4.69, 9.17) is 5.11 Å². The van der Waals surface area contributed by atoms with E-state index in [-0.39, 0.29) is 17.6 Å². The van der Waals surface area contributed by atoms with Crippen LogP contribution in [-0.2, 0) is 0 Å². The molecule has 0 bridgehead atoms. The molecular formula is C12H16N2O3S2. The van der Waals surface area contributed by atoms with Crippen molar-refractivity contribution in [1.82, 2.24) is 5.32 Å². The summed E-state index contributed by atoms with van der Waals surface area (Å²) in [5.41, 5.74) is 0.133. The van der Waals surface area contributed by atoms with E-state index in [0.29, 0.717) is 10.3 Å². The normalized spacial score (nSPS) is 22.2. The van der Waals surface area contributed by atoms with Crippen LogP contribution in [0.5, 0.6) is 0 Å². The fourth-order valence-electron chi connectivity index (χ4n) is 2.18. The summed E-state index contributed by atoms with van der Waals surface area (Å²) in [5.74, 6) is -1.03. The van der Waals surface area contributed by atoms with Gasteiger partial charge in [-0.2, -0.15) is 11.8 Å². The molecule has 1 aliphatic rings. The van der Waals surface area contributed by atoms with E-state index in [1.807, 2.05) is 11.8 Å². The molecule has 104 valence electrons. The van der Waals surface area contributed by atoms with Crippen LogP contribution in [0.1, 0.15) is 29.6 Å². The van der Waals surface area contributed by atoms with Gasteiger partial charge in [0.1, 0.15) is 5.00 Å². The van der Waals surface area contributed by atoms with E-state index >= 15 is 0 Å². The van der Waals surface area contributed by atoms with Crippen molar-refractivity contribution in [3.05, 3.63) is 17.0 Å². The average molecular weight is 300 g/mol. The second-order valence-electron chi connectivity index (χ2n) is 4.43. The number of hydrogen-bond donors (Lipinski definition) is 3. The number of nitrogens with one attached hydrogen (secondary N) is 2. The zero-order chi connectivity index (χ0) is 13.8. The zero-order valence-electron chi connectivity index (χ0n) is 10.5. The lowest BCUT2D eigenvalue weighted by Gasteiger charge is -2.13. The maximum absolute atomic E-state index is 11.8. The minimum atomic E-state index is -1.03. The number of amides is 2. The number of carboxylic acid groups (broad SMARTS) is 1. The Kier molecular flexibility index (Phi) is 4.71. The van der Waals surface area contributed by atoms with Gasteiger partial charge in [-0.25, -0.2) is 9.59 Å². The molecule has 2 unspecified atom stereocenters. The first kappa shape index (κ1) is 14.2. The van der Waals surface area contributed by atoms with E-state index in [1.54, 1.807) is 5.38 Å². The summed E-state index contributed by atoms with van der Waals surface area (Å²) in [6.45, 7) is 0. The van der Waals surface area contributed by atoms with Crippen molar-refractivity contribution < 1.29 is 14.7 Å². The number of hydrogen-bond acceptors (Lipinski definition) is 4. The summed E-state index contributed by atoms with van der Waals surface area (Å²) >= 11 is 3.04. The van der Waals surface area contributed by atoms with E-state index in [1.165, 1.54) is 17.4 Å². The highest BCUT2D eigenvalue weighted by atomic mass is 32.2. The number of thiophene rings is 1. The number of rotatable bonds is 4. The van der Waals surface area contributed by atoms with Crippen LogP contribution in [-0.4, -0.2) is 34.7 Å². The predicted octanol–water partition coefficient (Wildman–Crippen LogP) is 2.85. The Bertz CT molecular complexity index is 475. The summed E-state index contributed by atoms with van der Waals surface area (Å²) in [5, 5.41) is 17.1. The van der Waals surface area contributed by atoms with Crippen LogP contribution in [0, 0.1) is 0 Å². The summed E-state index contributed by atoms with van der Waals surface area (Å²) in [6.07, 6.45) is 5.16. The third-order valence-electron chi connectivity index (χ3n) is 3.18. The van der Waals surface area contributed by atoms with Crippen LogP contribution in [0.15, 0.2) is 11.4 Å². The third kappa shape index (κ3) is 3.63. The minimum absolute atomic E-state index is 0.133. The lowest BCUT2D eigenvalue weighted by atomic mass is 10.2. The Hall–Kier alpha value is -1.21. The number of carbonyl (C=O) groups is 2. The highest BCUT2D eigenvalue weighted by molar-refractivity contribution is 7.99. The van der Waals surface area contributed by atoms with Crippen molar-refractivity contribution in [2.24, 2.45) is 0 Å². The molecule has 19 heavy (non-hydrogen) atoms. The molecule has 0 aromatic carbocycles. The van der Waals surface area contributed by atoms with Gasteiger partial charge in [0, 0.05) is 11.3 Å². The molecule has 1 aromatic rings. The molecule has 1 heterocycles. The number of thioether (sulfide) groups is 1. The SMILES string of the molecule is CSC1CCC(NC(=O)Nc2sccc2C(=O)O)C1. The Balaban J connectivity index is 1.88. The molecule has 0 spiro atoms. The van der Waals surface area contributed by atoms with Crippen molar-refractivity contribution in [2.45, 2.75) is 30.6 Å². The molecule has 1 fully saturated rings. The molecule has 0 radical (unpaired) electrons. The van der Waals surface area contributed by atoms with Crippen LogP contribution in [0.2, 0.25) is 0 Å². The quantitative estimate of drug-likeness (QED) is 0.799. The Morgan fingerprint density at radius 3 is 2.89 bits per heavy atom. The number of aromatic carboxylic acids is 1. The Morgan fingerprint density at radius 1 is 1.47 bits per heavy atom. The van der Waals surface area contributed by atoms with Crippen molar-refractivity contribution in [3.8, 4) is 0 Å². The van der Waals surface area contributed by atoms with Crippen LogP contribution in [0.3, 0.4) is 0 Å². The summed E-state index contributed by atoms with van der Waals surface area (Å²) < 4.78 is 0. The molecule has 7 heteroatoms. The molecule has 2 atom stereocenters. The van der Waals surface area contributed by atoms with E-state index in [2.05, 4.69) is 16.9 Å². The molecule has 5 nitrogen and oxygen atoms in total. The zero-order valence-corrected chi connectivity index (χ0v) is 12.1. The van der Waals surface area contributed by atoms with E-state index < -0.39 is 5.97 Å². The molecule has 1 aromatic heterocycles. The standard InChI is InChI=1S/C12H16N2O3S2/c1-18-8-3-2-7(6-8)13-12(17)14-10-9(11(15)16)4-5-19-10/h4-5,7-8H,2-3,6H2,1H3,(H,15,16)(H2,13,14,17). The maximum atomic E-state index is 11.8. The monoisotopic (exact) mass is 300 g/mol. The molecular weight excluding hydrogens is 284 g/mol. The summed E-state index contributed by atoms with van der Waals surface area (Å²) in [7, 11) is 0. The number of carbonyl (C=O) groups excluding carboxylic acids is 1. The van der Waals surface area contributed by atoms with Gasteiger partial charge < -0.3 is 10.4 Å². The van der Waals surface area contributed by atoms with E-state index in [9.17, 15) is 9.59 Å². The van der Waals surface area contributed by atoms with Crippen LogP contribution >= 0.6 is 23.1 Å². The molecule has 1 aliphatic carbocycles. The van der Waals surface area contributed by atoms with Crippen LogP contribution in [0.25, 0.3) is 0 Å². The number of urea groups is 1. The maximum Gasteiger partial charge on any atom is 0.338 e. The molecule has 3 N–H and O–H groups in total. The smallest absolute Gasteiger partial charge is 0.338 e. The molecule has 0 aliphatic heterocycles. The van der Waals surface area contributed by atoms with Crippen LogP contribution < -0.4 is 10.6 Å². The number of anilines is 1. The first-order valence-electron chi connectivity index (χ1n) is 6.01. The number of carboxylic acids is 1. The Morgan fingerprint density at radius 2 is 2.26 bits per heavy atom. The third-order valence-corrected chi connectivity index (χ3v) is 5.10. The van der Waals surface area contributed by atoms with Gasteiger partial charge >= 0.3 is 12.0 Å². The lowest BCUT2D eigenvalue weighted by molar-refractivity contribution is 0.0698. The predicted molar refractivity (Wildman–Crippen MR) is 78.4 cm³/mol. The second kappa shape index (κ2) is 6.29. The first-order valence-corrected chi connectivity index (χ1v) is 8.18. The lowest BCUT2D eigenvalue weighted by Crippen LogP contribution is -2.36. The molecule has 2 rings (SSSR count). The highest BCUT2D eigenvalue weighted by Gasteiger charge is 2.25. The van der Waals surface area contributed by atoms with Crippen LogP contribution in [0.4, 0.5) is 9.80 Å². The fourth-order valence-corrected chi connectivity index (χ4v) is 3.76. The van der Waals surface area contributed by atoms with Crippen molar-refractivity contribution in [1.29, 1.82) is 0 Å². The Labute approximate surface area is 119 Å². The van der Waals surface area contributed by atoms with Gasteiger partial charge in [0.05, 0.1) is 5.56 Å². The van der Waals surface area contributed by atoms with E-state index in [0.717, 1.165) is 19.3 Å². The first-order chi connectivity index (χ1) is 9.10. The molecule has 1 saturated carbocycles. The fraction of sp³-hybridized carbons (Fsp3) is 0.500. The van der Waals surface area contributed by atoms with Gasteiger partial charge in [0.2, 0.25) is 0 Å². The van der Waals surface area contributed by atoms with Crippen molar-refractivity contribution in [2.75, 3.05) is 11.6 Å². The summed E-state index contributed by atoms with van der Waals surface area (Å²) in [6, 6.07) is 1.35.